The summed E-state index contributed by atoms with van der Waals surface area (Å²) in [6.45, 7) is 5.05. The molecule has 1 heterocycles. The molecule has 3 atom stereocenters. The van der Waals surface area contributed by atoms with E-state index >= 15 is 0 Å². The quantitative estimate of drug-likeness (QED) is 0.663. The molecule has 0 radical (unpaired) electrons. The maximum atomic E-state index is 13.2. The predicted molar refractivity (Wildman–Crippen MR) is 127 cm³/mol. The van der Waals surface area contributed by atoms with Crippen LogP contribution in [0.3, 0.4) is 0 Å². The van der Waals surface area contributed by atoms with Crippen LogP contribution in [-0.4, -0.2) is 108 Å². The van der Waals surface area contributed by atoms with E-state index in [2.05, 4.69) is 4.72 Å². The summed E-state index contributed by atoms with van der Waals surface area (Å²) in [5.74, 6) is -0.0834. The zero-order chi connectivity index (χ0) is 24.9. The Labute approximate surface area is 196 Å². The van der Waals surface area contributed by atoms with Gasteiger partial charge in [0.25, 0.3) is 5.91 Å². The van der Waals surface area contributed by atoms with Gasteiger partial charge in [-0.25, -0.2) is 8.42 Å². The van der Waals surface area contributed by atoms with Crippen LogP contribution in [0.1, 0.15) is 24.2 Å². The van der Waals surface area contributed by atoms with Gasteiger partial charge in [-0.1, -0.05) is 6.92 Å². The molecule has 0 unspecified atom stereocenters. The molecule has 186 valence electrons. The smallest absolute Gasteiger partial charge is 0.257 e. The van der Waals surface area contributed by atoms with Gasteiger partial charge in [0.05, 0.1) is 36.2 Å². The number of amides is 2. The van der Waals surface area contributed by atoms with Crippen molar-refractivity contribution in [1.29, 1.82) is 0 Å². The molecule has 0 aromatic heterocycles. The SMILES string of the molecule is CO[C@@H]1CN(C)C(=O)c2ccc(NS(C)(=O)=O)cc2OC[C@@H](C)N(C(=O)CN(C)C)C[C@H]1C. The third-order valence-corrected chi connectivity index (χ3v) is 6.13. The Morgan fingerprint density at radius 1 is 1.27 bits per heavy atom. The second kappa shape index (κ2) is 11.2. The maximum absolute atomic E-state index is 13.2. The predicted octanol–water partition coefficient (Wildman–Crippen LogP) is 0.952. The van der Waals surface area contributed by atoms with Crippen LogP contribution in [0.25, 0.3) is 0 Å². The third kappa shape index (κ3) is 7.58. The molecule has 0 fully saturated rings. The minimum atomic E-state index is -3.50. The van der Waals surface area contributed by atoms with Crippen LogP contribution in [0.2, 0.25) is 0 Å². The number of rotatable bonds is 5. The summed E-state index contributed by atoms with van der Waals surface area (Å²) in [5.41, 5.74) is 0.591. The Balaban J connectivity index is 2.47. The summed E-state index contributed by atoms with van der Waals surface area (Å²) in [6.07, 6.45) is 0.769. The van der Waals surface area contributed by atoms with Crippen LogP contribution >= 0.6 is 0 Å². The highest BCUT2D eigenvalue weighted by atomic mass is 32.2. The molecule has 11 heteroatoms. The maximum Gasteiger partial charge on any atom is 0.257 e. The van der Waals surface area contributed by atoms with E-state index in [-0.39, 0.29) is 54.5 Å². The number of sulfonamides is 1. The first-order valence-electron chi connectivity index (χ1n) is 10.8. The van der Waals surface area contributed by atoms with Crippen LogP contribution in [-0.2, 0) is 19.6 Å². The average molecular weight is 485 g/mol. The fourth-order valence-electron chi connectivity index (χ4n) is 3.76. The number of fused-ring (bicyclic) bond motifs is 1. The van der Waals surface area contributed by atoms with Gasteiger partial charge in [-0.3, -0.25) is 14.3 Å². The third-order valence-electron chi connectivity index (χ3n) is 5.52. The van der Waals surface area contributed by atoms with E-state index in [9.17, 15) is 18.0 Å². The minimum absolute atomic E-state index is 0.0287. The topological polar surface area (TPSA) is 108 Å². The molecule has 1 N–H and O–H groups in total. The highest BCUT2D eigenvalue weighted by Gasteiger charge is 2.30. The molecule has 0 spiro atoms. The first kappa shape index (κ1) is 26.9. The summed E-state index contributed by atoms with van der Waals surface area (Å²) < 4.78 is 37.4. The van der Waals surface area contributed by atoms with Gasteiger partial charge in [0.1, 0.15) is 12.4 Å². The number of ether oxygens (including phenoxy) is 2. The number of hydrogen-bond donors (Lipinski definition) is 1. The van der Waals surface area contributed by atoms with Crippen molar-refractivity contribution in [2.45, 2.75) is 26.0 Å². The van der Waals surface area contributed by atoms with E-state index < -0.39 is 10.0 Å². The molecular weight excluding hydrogens is 448 g/mol. The van der Waals surface area contributed by atoms with E-state index in [0.29, 0.717) is 18.7 Å². The van der Waals surface area contributed by atoms with Gasteiger partial charge < -0.3 is 24.2 Å². The minimum Gasteiger partial charge on any atom is -0.491 e. The number of nitrogens with zero attached hydrogens (tertiary/aromatic N) is 3. The normalized spacial score (nSPS) is 22.8. The summed E-state index contributed by atoms with van der Waals surface area (Å²) in [6, 6.07) is 4.26. The average Bonchev–Trinajstić information content (AvgIpc) is 2.70. The Bertz CT molecular complexity index is 952. The highest BCUT2D eigenvalue weighted by Crippen LogP contribution is 2.27. The van der Waals surface area contributed by atoms with Crippen LogP contribution in [0.15, 0.2) is 18.2 Å². The van der Waals surface area contributed by atoms with Crippen molar-refractivity contribution >= 4 is 27.5 Å². The number of hydrogen-bond acceptors (Lipinski definition) is 7. The Kier molecular flexibility index (Phi) is 9.10. The molecule has 0 saturated heterocycles. The van der Waals surface area contributed by atoms with Crippen molar-refractivity contribution in [3.63, 3.8) is 0 Å². The lowest BCUT2D eigenvalue weighted by atomic mass is 10.0. The Morgan fingerprint density at radius 3 is 2.52 bits per heavy atom. The van der Waals surface area contributed by atoms with E-state index in [4.69, 9.17) is 9.47 Å². The van der Waals surface area contributed by atoms with Gasteiger partial charge in [-0.15, -0.1) is 0 Å². The molecule has 2 amide bonds. The van der Waals surface area contributed by atoms with Crippen molar-refractivity contribution < 1.29 is 27.5 Å². The van der Waals surface area contributed by atoms with E-state index in [1.54, 1.807) is 24.0 Å². The van der Waals surface area contributed by atoms with Gasteiger partial charge in [0, 0.05) is 39.2 Å². The number of methoxy groups -OCH3 is 1. The van der Waals surface area contributed by atoms with Gasteiger partial charge in [0.2, 0.25) is 15.9 Å². The van der Waals surface area contributed by atoms with E-state index in [1.807, 2.05) is 32.8 Å². The first-order chi connectivity index (χ1) is 15.3. The Morgan fingerprint density at radius 2 is 1.94 bits per heavy atom. The molecule has 0 bridgehead atoms. The lowest BCUT2D eigenvalue weighted by molar-refractivity contribution is -0.136. The molecule has 1 aliphatic rings. The number of benzene rings is 1. The van der Waals surface area contributed by atoms with Gasteiger partial charge in [-0.2, -0.15) is 0 Å². The summed E-state index contributed by atoms with van der Waals surface area (Å²) in [7, 11) is 3.45. The number of anilines is 1. The monoisotopic (exact) mass is 484 g/mol. The molecular formula is C22H36N4O6S. The number of carbonyl (C=O) groups excluding carboxylic acids is 2. The van der Waals surface area contributed by atoms with Gasteiger partial charge in [-0.05, 0) is 33.2 Å². The van der Waals surface area contributed by atoms with Crippen molar-refractivity contribution in [1.82, 2.24) is 14.7 Å². The summed E-state index contributed by atoms with van der Waals surface area (Å²) in [4.78, 5) is 31.3. The molecule has 33 heavy (non-hydrogen) atoms. The molecule has 1 aromatic carbocycles. The lowest BCUT2D eigenvalue weighted by Crippen LogP contribution is -2.50. The standard InChI is InChI=1S/C22H36N4O6S/c1-15-11-26(21(27)13-24(3)4)16(2)14-32-19-10-17(23-33(7,29)30)8-9-18(19)22(28)25(5)12-20(15)31-6/h8-10,15-16,20,23H,11-14H2,1-7H3/t15-,16-,20-/m1/s1. The lowest BCUT2D eigenvalue weighted by Gasteiger charge is -2.36. The highest BCUT2D eigenvalue weighted by molar-refractivity contribution is 7.92. The number of carbonyl (C=O) groups is 2. The zero-order valence-corrected chi connectivity index (χ0v) is 21.3. The number of likely N-dealkylation sites (N-methyl/N-ethyl adjacent to an activating group) is 2. The second-order valence-corrected chi connectivity index (χ2v) is 10.7. The fourth-order valence-corrected chi connectivity index (χ4v) is 4.31. The van der Waals surface area contributed by atoms with Crippen LogP contribution in [0, 0.1) is 5.92 Å². The largest absolute Gasteiger partial charge is 0.491 e. The first-order valence-corrected chi connectivity index (χ1v) is 12.7. The molecule has 1 aromatic rings. The Hall–Kier alpha value is -2.37. The van der Waals surface area contributed by atoms with E-state index in [0.717, 1.165) is 6.26 Å². The molecule has 0 saturated carbocycles. The molecule has 1 aliphatic heterocycles. The molecule has 10 nitrogen and oxygen atoms in total. The van der Waals surface area contributed by atoms with Crippen molar-refractivity contribution in [2.24, 2.45) is 5.92 Å². The van der Waals surface area contributed by atoms with Crippen LogP contribution in [0.5, 0.6) is 5.75 Å². The number of nitrogens with one attached hydrogen (secondary N) is 1. The molecule has 2 rings (SSSR count). The summed E-state index contributed by atoms with van der Waals surface area (Å²) in [5, 5.41) is 0. The van der Waals surface area contributed by atoms with Crippen molar-refractivity contribution in [3.8, 4) is 5.75 Å². The van der Waals surface area contributed by atoms with Crippen LogP contribution < -0.4 is 9.46 Å². The fraction of sp³-hybridized carbons (Fsp3) is 0.636. The van der Waals surface area contributed by atoms with Gasteiger partial charge in [0.15, 0.2) is 0 Å². The second-order valence-electron chi connectivity index (χ2n) is 8.97. The van der Waals surface area contributed by atoms with Crippen LogP contribution in [0.4, 0.5) is 5.69 Å². The van der Waals surface area contributed by atoms with E-state index in [1.165, 1.54) is 18.2 Å². The van der Waals surface area contributed by atoms with Crippen molar-refractivity contribution in [3.05, 3.63) is 23.8 Å². The van der Waals surface area contributed by atoms with Gasteiger partial charge >= 0.3 is 0 Å². The van der Waals surface area contributed by atoms with Crippen molar-refractivity contribution in [2.75, 3.05) is 65.5 Å². The molecule has 0 aliphatic carbocycles. The summed E-state index contributed by atoms with van der Waals surface area (Å²) >= 11 is 0. The zero-order valence-electron chi connectivity index (χ0n) is 20.5.